The molecule has 0 saturated heterocycles. The standard InChI is InChI=1S/C23H23N7O/c1-15(2)30-14-26-28-22(30)17-4-3-5-18(10-17)23(31)27-21-11-19(8-9-24-21)29-12-20(25-13-29)16-6-7-16/h3-5,8-16H,6-7H2,1-2H3,(H,24,27,31). The maximum absolute atomic E-state index is 12.9. The second-order valence-corrected chi connectivity index (χ2v) is 8.07. The largest absolute Gasteiger partial charge is 0.311 e. The number of pyridine rings is 1. The van der Waals surface area contributed by atoms with Crippen LogP contribution in [0.4, 0.5) is 5.82 Å². The van der Waals surface area contributed by atoms with Crippen molar-refractivity contribution in [3.8, 4) is 17.1 Å². The van der Waals surface area contributed by atoms with Gasteiger partial charge in [-0.2, -0.15) is 0 Å². The van der Waals surface area contributed by atoms with E-state index in [0.717, 1.165) is 22.8 Å². The number of benzene rings is 1. The van der Waals surface area contributed by atoms with E-state index in [2.05, 4.69) is 39.3 Å². The molecule has 1 aliphatic rings. The number of anilines is 1. The summed E-state index contributed by atoms with van der Waals surface area (Å²) in [5, 5.41) is 11.1. The first-order chi connectivity index (χ1) is 15.1. The van der Waals surface area contributed by atoms with Crippen molar-refractivity contribution in [3.63, 3.8) is 0 Å². The Labute approximate surface area is 180 Å². The Bertz CT molecular complexity index is 1240. The van der Waals surface area contributed by atoms with Crippen molar-refractivity contribution in [2.24, 2.45) is 0 Å². The van der Waals surface area contributed by atoms with Gasteiger partial charge in [-0.25, -0.2) is 9.97 Å². The van der Waals surface area contributed by atoms with E-state index in [1.54, 1.807) is 18.6 Å². The number of nitrogens with one attached hydrogen (secondary N) is 1. The van der Waals surface area contributed by atoms with Crippen molar-refractivity contribution in [2.45, 2.75) is 38.6 Å². The monoisotopic (exact) mass is 413 g/mol. The van der Waals surface area contributed by atoms with Crippen molar-refractivity contribution in [1.29, 1.82) is 0 Å². The predicted molar refractivity (Wildman–Crippen MR) is 117 cm³/mol. The maximum atomic E-state index is 12.9. The second kappa shape index (κ2) is 7.79. The summed E-state index contributed by atoms with van der Waals surface area (Å²) in [6, 6.07) is 11.3. The van der Waals surface area contributed by atoms with Gasteiger partial charge < -0.3 is 14.5 Å². The molecule has 3 aromatic heterocycles. The van der Waals surface area contributed by atoms with Crippen LogP contribution in [0.3, 0.4) is 0 Å². The van der Waals surface area contributed by atoms with Crippen molar-refractivity contribution in [2.75, 3.05) is 5.32 Å². The predicted octanol–water partition coefficient (Wildman–Crippen LogP) is 4.24. The number of hydrogen-bond donors (Lipinski definition) is 1. The lowest BCUT2D eigenvalue weighted by atomic mass is 10.1. The summed E-state index contributed by atoms with van der Waals surface area (Å²) in [4.78, 5) is 21.7. The summed E-state index contributed by atoms with van der Waals surface area (Å²) in [6.07, 6.45) is 9.66. The quantitative estimate of drug-likeness (QED) is 0.511. The minimum absolute atomic E-state index is 0.220. The van der Waals surface area contributed by atoms with Gasteiger partial charge in [0.15, 0.2) is 5.82 Å². The third-order valence-corrected chi connectivity index (χ3v) is 5.39. The molecule has 0 bridgehead atoms. The molecule has 156 valence electrons. The van der Waals surface area contributed by atoms with E-state index < -0.39 is 0 Å². The Morgan fingerprint density at radius 1 is 1.13 bits per heavy atom. The molecule has 0 unspecified atom stereocenters. The van der Waals surface area contributed by atoms with Crippen LogP contribution in [0.5, 0.6) is 0 Å². The summed E-state index contributed by atoms with van der Waals surface area (Å²) >= 11 is 0. The highest BCUT2D eigenvalue weighted by Gasteiger charge is 2.25. The van der Waals surface area contributed by atoms with Crippen LogP contribution < -0.4 is 5.32 Å². The van der Waals surface area contributed by atoms with Gasteiger partial charge in [0.05, 0.1) is 17.7 Å². The molecular formula is C23H23N7O. The van der Waals surface area contributed by atoms with E-state index in [4.69, 9.17) is 0 Å². The number of carbonyl (C=O) groups is 1. The zero-order chi connectivity index (χ0) is 21.4. The molecule has 31 heavy (non-hydrogen) atoms. The fourth-order valence-electron chi connectivity index (χ4n) is 3.53. The molecule has 1 saturated carbocycles. The Kier molecular flexibility index (Phi) is 4.82. The molecule has 4 aromatic rings. The molecule has 0 spiro atoms. The molecule has 3 heterocycles. The number of rotatable bonds is 6. The van der Waals surface area contributed by atoms with Crippen molar-refractivity contribution in [3.05, 3.63) is 72.7 Å². The zero-order valence-electron chi connectivity index (χ0n) is 17.4. The van der Waals surface area contributed by atoms with Crippen LogP contribution in [0.25, 0.3) is 17.1 Å². The number of imidazole rings is 1. The molecule has 1 aromatic carbocycles. The van der Waals surface area contributed by atoms with Gasteiger partial charge in [-0.3, -0.25) is 4.79 Å². The highest BCUT2D eigenvalue weighted by atomic mass is 16.1. The van der Waals surface area contributed by atoms with Crippen LogP contribution in [0.15, 0.2) is 61.4 Å². The first kappa shape index (κ1) is 19.2. The van der Waals surface area contributed by atoms with Gasteiger partial charge in [0.2, 0.25) is 0 Å². The van der Waals surface area contributed by atoms with E-state index in [1.165, 1.54) is 12.8 Å². The maximum Gasteiger partial charge on any atom is 0.256 e. The molecule has 0 atom stereocenters. The minimum Gasteiger partial charge on any atom is -0.311 e. The van der Waals surface area contributed by atoms with Gasteiger partial charge >= 0.3 is 0 Å². The third-order valence-electron chi connectivity index (χ3n) is 5.39. The average molecular weight is 413 g/mol. The molecule has 8 nitrogen and oxygen atoms in total. The van der Waals surface area contributed by atoms with Crippen molar-refractivity contribution < 1.29 is 4.79 Å². The van der Waals surface area contributed by atoms with Gasteiger partial charge in [-0.1, -0.05) is 12.1 Å². The van der Waals surface area contributed by atoms with E-state index in [1.807, 2.05) is 52.0 Å². The fraction of sp³-hybridized carbons (Fsp3) is 0.261. The molecule has 1 aliphatic carbocycles. The Hall–Kier alpha value is -3.81. The van der Waals surface area contributed by atoms with E-state index >= 15 is 0 Å². The molecular weight excluding hydrogens is 390 g/mol. The van der Waals surface area contributed by atoms with Gasteiger partial charge in [0.25, 0.3) is 5.91 Å². The summed E-state index contributed by atoms with van der Waals surface area (Å²) in [7, 11) is 0. The first-order valence-corrected chi connectivity index (χ1v) is 10.4. The van der Waals surface area contributed by atoms with Gasteiger partial charge in [-0.05, 0) is 44.9 Å². The zero-order valence-corrected chi connectivity index (χ0v) is 17.4. The Morgan fingerprint density at radius 3 is 2.81 bits per heavy atom. The van der Waals surface area contributed by atoms with Crippen LogP contribution in [0, 0.1) is 0 Å². The average Bonchev–Trinajstić information content (AvgIpc) is 3.30. The molecule has 1 amide bonds. The highest BCUT2D eigenvalue weighted by molar-refractivity contribution is 6.04. The van der Waals surface area contributed by atoms with Crippen LogP contribution >= 0.6 is 0 Å². The molecule has 1 N–H and O–H groups in total. The highest BCUT2D eigenvalue weighted by Crippen LogP contribution is 2.39. The SMILES string of the molecule is CC(C)n1cnnc1-c1cccc(C(=O)Nc2cc(-n3cnc(C4CC4)c3)ccn2)c1. The Morgan fingerprint density at radius 2 is 2.00 bits per heavy atom. The summed E-state index contributed by atoms with van der Waals surface area (Å²) in [6.45, 7) is 4.13. The normalized spacial score (nSPS) is 13.5. The molecule has 0 aliphatic heterocycles. The van der Waals surface area contributed by atoms with E-state index in [-0.39, 0.29) is 11.9 Å². The fourth-order valence-corrected chi connectivity index (χ4v) is 3.53. The van der Waals surface area contributed by atoms with Crippen molar-refractivity contribution in [1.82, 2.24) is 29.3 Å². The van der Waals surface area contributed by atoms with E-state index in [9.17, 15) is 4.79 Å². The van der Waals surface area contributed by atoms with Gasteiger partial charge in [0, 0.05) is 41.5 Å². The number of carbonyl (C=O) groups excluding carboxylic acids is 1. The van der Waals surface area contributed by atoms with Crippen LogP contribution in [0.2, 0.25) is 0 Å². The lowest BCUT2D eigenvalue weighted by molar-refractivity contribution is 0.102. The number of aromatic nitrogens is 6. The third kappa shape index (κ3) is 3.96. The summed E-state index contributed by atoms with van der Waals surface area (Å²) in [5.74, 6) is 1.58. The van der Waals surface area contributed by atoms with Crippen molar-refractivity contribution >= 4 is 11.7 Å². The minimum atomic E-state index is -0.230. The lowest BCUT2D eigenvalue weighted by Crippen LogP contribution is -2.13. The Balaban J connectivity index is 1.36. The van der Waals surface area contributed by atoms with E-state index in [0.29, 0.717) is 17.3 Å². The molecule has 5 rings (SSSR count). The van der Waals surface area contributed by atoms with Crippen LogP contribution in [0.1, 0.15) is 54.7 Å². The molecule has 8 heteroatoms. The molecule has 1 fully saturated rings. The number of hydrogen-bond acceptors (Lipinski definition) is 5. The number of amides is 1. The summed E-state index contributed by atoms with van der Waals surface area (Å²) in [5.41, 5.74) is 3.39. The van der Waals surface area contributed by atoms with Crippen LogP contribution in [-0.4, -0.2) is 35.2 Å². The summed E-state index contributed by atoms with van der Waals surface area (Å²) < 4.78 is 3.94. The smallest absolute Gasteiger partial charge is 0.256 e. The first-order valence-electron chi connectivity index (χ1n) is 10.4. The second-order valence-electron chi connectivity index (χ2n) is 8.07. The number of nitrogens with zero attached hydrogens (tertiary/aromatic N) is 6. The van der Waals surface area contributed by atoms with Crippen LogP contribution in [-0.2, 0) is 0 Å². The van der Waals surface area contributed by atoms with Gasteiger partial charge in [-0.15, -0.1) is 10.2 Å². The molecule has 0 radical (unpaired) electrons. The lowest BCUT2D eigenvalue weighted by Gasteiger charge is -2.11. The van der Waals surface area contributed by atoms with Gasteiger partial charge in [0.1, 0.15) is 12.1 Å². The topological polar surface area (TPSA) is 90.5 Å².